The van der Waals surface area contributed by atoms with Gasteiger partial charge in [0.2, 0.25) is 1.43 Å². The minimum Gasteiger partial charge on any atom is -0.389 e. The van der Waals surface area contributed by atoms with Crippen molar-refractivity contribution < 1.29 is 9.85 Å². The van der Waals surface area contributed by atoms with E-state index in [1.807, 2.05) is 6.07 Å². The van der Waals surface area contributed by atoms with Crippen molar-refractivity contribution in [2.75, 3.05) is 13.2 Å². The molecule has 2 atom stereocenters. The summed E-state index contributed by atoms with van der Waals surface area (Å²) in [4.78, 5) is 0. The molecule has 0 fully saturated rings. The van der Waals surface area contributed by atoms with Crippen molar-refractivity contribution in [3.63, 3.8) is 0 Å². The smallest absolute Gasteiger partial charge is 0.211 e. The van der Waals surface area contributed by atoms with Crippen molar-refractivity contribution in [1.82, 2.24) is 5.32 Å². The van der Waals surface area contributed by atoms with Gasteiger partial charge in [-0.2, -0.15) is 0 Å². The highest BCUT2D eigenvalue weighted by molar-refractivity contribution is 5.36. The van der Waals surface area contributed by atoms with E-state index in [2.05, 4.69) is 49.5 Å². The molecule has 0 aromatic heterocycles. The maximum absolute atomic E-state index is 7.13. The van der Waals surface area contributed by atoms with Crippen LogP contribution >= 0.6 is 0 Å². The third-order valence-electron chi connectivity index (χ3n) is 3.23. The van der Waals surface area contributed by atoms with Crippen LogP contribution in [0.2, 0.25) is 0 Å². The Hall–Kier alpha value is -1.16. The van der Waals surface area contributed by atoms with Crippen molar-refractivity contribution in [3.8, 4) is 0 Å². The molecule has 19 heavy (non-hydrogen) atoms. The van der Waals surface area contributed by atoms with E-state index in [9.17, 15) is 0 Å². The van der Waals surface area contributed by atoms with Crippen LogP contribution in [0.4, 0.5) is 0 Å². The SMILES string of the molecule is [3H]OC(CNC(C)C)COC1C=CCc2ccccc21. The quantitative estimate of drug-likeness (QED) is 0.741. The van der Waals surface area contributed by atoms with E-state index in [0.717, 1.165) is 6.42 Å². The maximum atomic E-state index is 7.13. The molecule has 2 unspecified atom stereocenters. The zero-order chi connectivity index (χ0) is 14.4. The fraction of sp³-hybridized carbons (Fsp3) is 0.500. The fourth-order valence-electron chi connectivity index (χ4n) is 2.20. The standard InChI is InChI=1S/C16H23NO2/c1-12(2)17-10-14(18)11-19-16-9-5-7-13-6-3-4-8-15(13)16/h3-6,8-9,12,14,16-18H,7,10-11H2,1-2H3/i18T. The van der Waals surface area contributed by atoms with Crippen LogP contribution in [0.5, 0.6) is 0 Å². The van der Waals surface area contributed by atoms with E-state index in [1.54, 1.807) is 0 Å². The summed E-state index contributed by atoms with van der Waals surface area (Å²) in [6.45, 7) is 5.18. The number of nitrogens with one attached hydrogen (secondary N) is 1. The molecule has 1 aliphatic carbocycles. The second-order valence-corrected chi connectivity index (χ2v) is 5.27. The third kappa shape index (κ3) is 4.16. The van der Waals surface area contributed by atoms with Gasteiger partial charge in [0, 0.05) is 12.6 Å². The maximum Gasteiger partial charge on any atom is 0.211 e. The third-order valence-corrected chi connectivity index (χ3v) is 3.23. The lowest BCUT2D eigenvalue weighted by Crippen LogP contribution is -2.34. The summed E-state index contributed by atoms with van der Waals surface area (Å²) in [5, 5.41) is 7.98. The average molecular weight is 263 g/mol. The minimum absolute atomic E-state index is 0.0309. The number of aliphatic hydroxyl groups excluding tert-OH is 1. The lowest BCUT2D eigenvalue weighted by Gasteiger charge is -2.23. The van der Waals surface area contributed by atoms with Crippen LogP contribution < -0.4 is 5.32 Å². The Morgan fingerprint density at radius 2 is 2.32 bits per heavy atom. The molecule has 0 heterocycles. The van der Waals surface area contributed by atoms with Gasteiger partial charge in [0.1, 0.15) is 6.10 Å². The van der Waals surface area contributed by atoms with Gasteiger partial charge in [-0.05, 0) is 17.5 Å². The van der Waals surface area contributed by atoms with Crippen LogP contribution in [0, 0.1) is 0 Å². The molecule has 0 saturated carbocycles. The molecule has 0 radical (unpaired) electrons. The molecule has 0 bridgehead atoms. The number of ether oxygens (including phenoxy) is 1. The molecular weight excluding hydrogens is 238 g/mol. The first-order chi connectivity index (χ1) is 9.70. The Morgan fingerprint density at radius 1 is 1.47 bits per heavy atom. The summed E-state index contributed by atoms with van der Waals surface area (Å²) in [5.74, 6) is 0. The van der Waals surface area contributed by atoms with Crippen molar-refractivity contribution in [2.45, 2.75) is 38.5 Å². The summed E-state index contributed by atoms with van der Waals surface area (Å²) < 4.78 is 13.1. The highest BCUT2D eigenvalue weighted by atomic mass is 16.5. The van der Waals surface area contributed by atoms with E-state index >= 15 is 0 Å². The molecule has 2 rings (SSSR count). The number of hydrogen-bond acceptors (Lipinski definition) is 3. The lowest BCUT2D eigenvalue weighted by molar-refractivity contribution is 0.00795. The number of rotatable bonds is 7. The van der Waals surface area contributed by atoms with Crippen LogP contribution in [-0.4, -0.2) is 31.8 Å². The molecule has 0 saturated heterocycles. The highest BCUT2D eigenvalue weighted by Gasteiger charge is 2.17. The van der Waals surface area contributed by atoms with Crippen LogP contribution in [0.15, 0.2) is 36.4 Å². The number of aliphatic hydroxyl groups is 1. The van der Waals surface area contributed by atoms with Crippen LogP contribution in [0.1, 0.15) is 31.1 Å². The van der Waals surface area contributed by atoms with Gasteiger partial charge in [-0.3, -0.25) is 0 Å². The monoisotopic (exact) mass is 263 g/mol. The first-order valence-electron chi connectivity index (χ1n) is 7.33. The van der Waals surface area contributed by atoms with Crippen molar-refractivity contribution >= 4 is 0 Å². The van der Waals surface area contributed by atoms with Gasteiger partial charge in [0.15, 0.2) is 0 Å². The van der Waals surface area contributed by atoms with Crippen molar-refractivity contribution in [3.05, 3.63) is 47.5 Å². The second-order valence-electron chi connectivity index (χ2n) is 5.27. The van der Waals surface area contributed by atoms with E-state index in [-0.39, 0.29) is 12.2 Å². The molecule has 1 aliphatic rings. The summed E-state index contributed by atoms with van der Waals surface area (Å²) in [6, 6.07) is 8.70. The van der Waals surface area contributed by atoms with Gasteiger partial charge in [-0.1, -0.05) is 50.3 Å². The van der Waals surface area contributed by atoms with Gasteiger partial charge in [0.25, 0.3) is 0 Å². The summed E-state index contributed by atoms with van der Waals surface area (Å²) in [7, 11) is 0. The molecule has 3 heteroatoms. The number of fused-ring (bicyclic) bond motifs is 1. The van der Waals surface area contributed by atoms with E-state index in [0.29, 0.717) is 19.2 Å². The lowest BCUT2D eigenvalue weighted by atomic mass is 9.95. The Kier molecular flexibility index (Phi) is 4.63. The van der Waals surface area contributed by atoms with Crippen LogP contribution in [0.3, 0.4) is 0 Å². The van der Waals surface area contributed by atoms with Gasteiger partial charge in [-0.25, -0.2) is 0 Å². The Morgan fingerprint density at radius 3 is 3.11 bits per heavy atom. The topological polar surface area (TPSA) is 41.5 Å². The summed E-state index contributed by atoms with van der Waals surface area (Å²) in [6.07, 6.45) is 4.90. The zero-order valence-corrected chi connectivity index (χ0v) is 11.6. The van der Waals surface area contributed by atoms with Gasteiger partial charge in [0.05, 0.1) is 12.7 Å². The largest absolute Gasteiger partial charge is 0.389 e. The number of benzene rings is 1. The van der Waals surface area contributed by atoms with Gasteiger partial charge < -0.3 is 15.2 Å². The molecule has 1 aromatic rings. The molecule has 0 amide bonds. The number of allylic oxidation sites excluding steroid dienone is 1. The van der Waals surface area contributed by atoms with Crippen LogP contribution in [-0.2, 0) is 11.2 Å². The molecule has 0 aliphatic heterocycles. The fourth-order valence-corrected chi connectivity index (χ4v) is 2.20. The highest BCUT2D eigenvalue weighted by Crippen LogP contribution is 2.27. The molecule has 3 nitrogen and oxygen atoms in total. The average Bonchev–Trinajstić information content (AvgIpc) is 2.47. The molecule has 104 valence electrons. The Labute approximate surface area is 116 Å². The van der Waals surface area contributed by atoms with E-state index in [1.165, 1.54) is 11.1 Å². The predicted octanol–water partition coefficient (Wildman–Crippen LogP) is 2.22. The molecule has 0 spiro atoms. The first kappa shape index (κ1) is 12.9. The molecular formula is C16H23NO2. The first-order valence-corrected chi connectivity index (χ1v) is 6.92. The second kappa shape index (κ2) is 6.85. The summed E-state index contributed by atoms with van der Waals surface area (Å²) >= 11 is 0. The zero-order valence-electron chi connectivity index (χ0n) is 12.6. The van der Waals surface area contributed by atoms with E-state index in [4.69, 9.17) is 11.3 Å². The molecule has 2 N–H and O–H groups in total. The van der Waals surface area contributed by atoms with Crippen molar-refractivity contribution in [1.29, 1.82) is 1.43 Å². The van der Waals surface area contributed by atoms with Crippen molar-refractivity contribution in [2.24, 2.45) is 0 Å². The Bertz CT molecular complexity index is 448. The Balaban J connectivity index is 1.89. The normalized spacial score (nSPS) is 20.2. The van der Waals surface area contributed by atoms with Gasteiger partial charge in [-0.15, -0.1) is 0 Å². The number of hydrogen-bond donors (Lipinski definition) is 2. The summed E-state index contributed by atoms with van der Waals surface area (Å²) in [5.41, 5.74) is 2.53. The van der Waals surface area contributed by atoms with E-state index < -0.39 is 0 Å². The molecule has 1 aromatic carbocycles. The minimum atomic E-state index is -0.250. The van der Waals surface area contributed by atoms with Gasteiger partial charge >= 0.3 is 0 Å². The van der Waals surface area contributed by atoms with Crippen LogP contribution in [0.25, 0.3) is 0 Å². The predicted molar refractivity (Wildman–Crippen MR) is 77.1 cm³/mol.